The predicted octanol–water partition coefficient (Wildman–Crippen LogP) is 6.12. The number of ether oxygens (including phenoxy) is 4. The molecule has 5 rings (SSSR count). The van der Waals surface area contributed by atoms with Gasteiger partial charge in [-0.1, -0.05) is 12.1 Å². The van der Waals surface area contributed by atoms with Crippen molar-refractivity contribution in [3.05, 3.63) is 66.7 Å². The monoisotopic (exact) mass is 485 g/mol. The van der Waals surface area contributed by atoms with Crippen molar-refractivity contribution in [1.29, 1.82) is 0 Å². The average molecular weight is 486 g/mol. The Balaban J connectivity index is 1.81. The minimum Gasteiger partial charge on any atom is -0.497 e. The Morgan fingerprint density at radius 1 is 0.543 bits per heavy atom. The normalized spacial score (nSPS) is 10.9. The zero-order chi connectivity index (χ0) is 24.4. The number of nitrogens with zero attached hydrogens (tertiary/aromatic N) is 3. The lowest BCUT2D eigenvalue weighted by Crippen LogP contribution is -1.97. The summed E-state index contributed by atoms with van der Waals surface area (Å²) in [6.07, 6.45) is 0. The SMILES string of the molecule is COc1ccc(-c2nc(-c3ccc(OC)c(OC)c3)c(-c3ccc(OC)cc3)c3nsnc23)cc1. The van der Waals surface area contributed by atoms with Crippen molar-refractivity contribution in [3.8, 4) is 56.6 Å². The fourth-order valence-electron chi connectivity index (χ4n) is 4.01. The number of pyridine rings is 1. The highest BCUT2D eigenvalue weighted by molar-refractivity contribution is 7.00. The summed E-state index contributed by atoms with van der Waals surface area (Å²) in [5.41, 5.74) is 6.69. The summed E-state index contributed by atoms with van der Waals surface area (Å²) >= 11 is 1.17. The molecule has 0 aliphatic heterocycles. The summed E-state index contributed by atoms with van der Waals surface area (Å²) in [6.45, 7) is 0. The zero-order valence-corrected chi connectivity index (χ0v) is 20.6. The Labute approximate surface area is 207 Å². The molecule has 0 bridgehead atoms. The van der Waals surface area contributed by atoms with Crippen LogP contribution in [0.4, 0.5) is 0 Å². The van der Waals surface area contributed by atoms with Gasteiger partial charge in [0.2, 0.25) is 0 Å². The van der Waals surface area contributed by atoms with E-state index in [0.717, 1.165) is 56.2 Å². The van der Waals surface area contributed by atoms with Crippen LogP contribution >= 0.6 is 11.7 Å². The van der Waals surface area contributed by atoms with Gasteiger partial charge in [0.15, 0.2) is 11.5 Å². The van der Waals surface area contributed by atoms with Gasteiger partial charge in [-0.15, -0.1) is 0 Å². The fraction of sp³-hybridized carbons (Fsp3) is 0.148. The molecule has 35 heavy (non-hydrogen) atoms. The Morgan fingerprint density at radius 3 is 1.71 bits per heavy atom. The topological polar surface area (TPSA) is 75.6 Å². The van der Waals surface area contributed by atoms with E-state index in [1.54, 1.807) is 28.4 Å². The van der Waals surface area contributed by atoms with Gasteiger partial charge >= 0.3 is 0 Å². The number of hydrogen-bond acceptors (Lipinski definition) is 8. The molecule has 0 radical (unpaired) electrons. The van der Waals surface area contributed by atoms with Crippen LogP contribution in [0.25, 0.3) is 44.7 Å². The van der Waals surface area contributed by atoms with Crippen molar-refractivity contribution in [1.82, 2.24) is 13.7 Å². The molecule has 3 aromatic carbocycles. The van der Waals surface area contributed by atoms with Gasteiger partial charge in [0, 0.05) is 16.7 Å². The quantitative estimate of drug-likeness (QED) is 0.275. The summed E-state index contributed by atoms with van der Waals surface area (Å²) in [6, 6.07) is 21.4. The van der Waals surface area contributed by atoms with Gasteiger partial charge in [0.25, 0.3) is 0 Å². The molecular weight excluding hydrogens is 462 g/mol. The number of hydrogen-bond donors (Lipinski definition) is 0. The molecule has 0 aliphatic rings. The second kappa shape index (κ2) is 9.60. The van der Waals surface area contributed by atoms with Crippen LogP contribution in [-0.2, 0) is 0 Å². The van der Waals surface area contributed by atoms with Gasteiger partial charge in [0.1, 0.15) is 28.2 Å². The van der Waals surface area contributed by atoms with Crippen molar-refractivity contribution < 1.29 is 18.9 Å². The predicted molar refractivity (Wildman–Crippen MR) is 138 cm³/mol. The largest absolute Gasteiger partial charge is 0.497 e. The first-order chi connectivity index (χ1) is 17.2. The van der Waals surface area contributed by atoms with Crippen LogP contribution in [0.1, 0.15) is 0 Å². The van der Waals surface area contributed by atoms with E-state index in [0.29, 0.717) is 11.5 Å². The Hall–Kier alpha value is -4.17. The van der Waals surface area contributed by atoms with Crippen LogP contribution in [0.15, 0.2) is 66.7 Å². The molecule has 0 aliphatic carbocycles. The molecule has 0 saturated carbocycles. The minimum atomic E-state index is 0.620. The Bertz CT molecular complexity index is 1480. The first-order valence-electron chi connectivity index (χ1n) is 10.8. The van der Waals surface area contributed by atoms with Crippen LogP contribution in [0, 0.1) is 0 Å². The highest BCUT2D eigenvalue weighted by atomic mass is 32.1. The average Bonchev–Trinajstić information content (AvgIpc) is 3.42. The third kappa shape index (κ3) is 4.13. The number of benzene rings is 3. The first kappa shape index (κ1) is 22.6. The standard InChI is InChI=1S/C27H23N3O4S/c1-31-19-10-5-16(6-11-19)23-24(18-9-14-21(33-3)22(15-18)34-4)28-25(27-26(23)29-35-30-27)17-7-12-20(32-2)13-8-17/h5-15H,1-4H3. The maximum atomic E-state index is 5.58. The summed E-state index contributed by atoms with van der Waals surface area (Å²) in [5.74, 6) is 2.82. The molecule has 0 fully saturated rings. The summed E-state index contributed by atoms with van der Waals surface area (Å²) in [4.78, 5) is 5.15. The molecule has 176 valence electrons. The molecular formula is C27H23N3O4S. The molecule has 8 heteroatoms. The van der Waals surface area contributed by atoms with Gasteiger partial charge in [-0.3, -0.25) is 0 Å². The number of methoxy groups -OCH3 is 4. The molecule has 0 N–H and O–H groups in total. The van der Waals surface area contributed by atoms with Crippen LogP contribution in [0.3, 0.4) is 0 Å². The number of rotatable bonds is 7. The Kier molecular flexibility index (Phi) is 6.20. The van der Waals surface area contributed by atoms with Crippen LogP contribution in [0.2, 0.25) is 0 Å². The van der Waals surface area contributed by atoms with E-state index in [2.05, 4.69) is 4.37 Å². The summed E-state index contributed by atoms with van der Waals surface area (Å²) < 4.78 is 31.0. The lowest BCUT2D eigenvalue weighted by atomic mass is 9.95. The van der Waals surface area contributed by atoms with Crippen LogP contribution in [0.5, 0.6) is 23.0 Å². The first-order valence-corrected chi connectivity index (χ1v) is 11.6. The molecule has 2 heterocycles. The van der Waals surface area contributed by atoms with Crippen molar-refractivity contribution in [2.24, 2.45) is 0 Å². The molecule has 0 unspecified atom stereocenters. The van der Waals surface area contributed by atoms with E-state index in [1.807, 2.05) is 66.7 Å². The van der Waals surface area contributed by atoms with Gasteiger partial charge in [0.05, 0.1) is 45.9 Å². The second-order valence-corrected chi connectivity index (χ2v) is 8.20. The Morgan fingerprint density at radius 2 is 1.11 bits per heavy atom. The fourth-order valence-corrected chi connectivity index (χ4v) is 4.57. The van der Waals surface area contributed by atoms with E-state index in [-0.39, 0.29) is 0 Å². The third-order valence-corrected chi connectivity index (χ3v) is 6.34. The van der Waals surface area contributed by atoms with Gasteiger partial charge in [-0.05, 0) is 60.2 Å². The number of aromatic nitrogens is 3. The minimum absolute atomic E-state index is 0.620. The maximum Gasteiger partial charge on any atom is 0.161 e. The molecule has 5 aromatic rings. The molecule has 0 spiro atoms. The van der Waals surface area contributed by atoms with E-state index in [9.17, 15) is 0 Å². The van der Waals surface area contributed by atoms with E-state index in [4.69, 9.17) is 28.3 Å². The molecule has 0 atom stereocenters. The van der Waals surface area contributed by atoms with Crippen molar-refractivity contribution >= 4 is 22.8 Å². The molecule has 2 aromatic heterocycles. The summed E-state index contributed by atoms with van der Waals surface area (Å²) in [5, 5.41) is 0. The highest BCUT2D eigenvalue weighted by Gasteiger charge is 2.22. The summed E-state index contributed by atoms with van der Waals surface area (Å²) in [7, 11) is 6.54. The van der Waals surface area contributed by atoms with Crippen molar-refractivity contribution in [3.63, 3.8) is 0 Å². The highest BCUT2D eigenvalue weighted by Crippen LogP contribution is 2.42. The van der Waals surface area contributed by atoms with E-state index >= 15 is 0 Å². The van der Waals surface area contributed by atoms with Gasteiger partial charge < -0.3 is 18.9 Å². The lowest BCUT2D eigenvalue weighted by molar-refractivity contribution is 0.355. The smallest absolute Gasteiger partial charge is 0.161 e. The second-order valence-electron chi connectivity index (χ2n) is 7.67. The van der Waals surface area contributed by atoms with Crippen molar-refractivity contribution in [2.45, 2.75) is 0 Å². The van der Waals surface area contributed by atoms with Gasteiger partial charge in [-0.2, -0.15) is 8.75 Å². The molecule has 0 saturated heterocycles. The molecule has 0 amide bonds. The van der Waals surface area contributed by atoms with E-state index < -0.39 is 0 Å². The van der Waals surface area contributed by atoms with Crippen LogP contribution < -0.4 is 18.9 Å². The van der Waals surface area contributed by atoms with E-state index in [1.165, 1.54) is 11.7 Å². The van der Waals surface area contributed by atoms with Gasteiger partial charge in [-0.25, -0.2) is 4.98 Å². The molecule has 7 nitrogen and oxygen atoms in total. The van der Waals surface area contributed by atoms with Crippen molar-refractivity contribution in [2.75, 3.05) is 28.4 Å². The number of fused-ring (bicyclic) bond motifs is 1. The maximum absolute atomic E-state index is 5.58. The van der Waals surface area contributed by atoms with Crippen LogP contribution in [-0.4, -0.2) is 42.2 Å². The zero-order valence-electron chi connectivity index (χ0n) is 19.7. The lowest BCUT2D eigenvalue weighted by Gasteiger charge is -2.15. The third-order valence-electron chi connectivity index (χ3n) is 5.81.